The van der Waals surface area contributed by atoms with Gasteiger partial charge in [-0.1, -0.05) is 30.1 Å². The minimum Gasteiger partial charge on any atom is -0.458 e. The molecule has 2 saturated heterocycles. The molecule has 0 amide bonds. The third-order valence-corrected chi connectivity index (χ3v) is 5.40. The summed E-state index contributed by atoms with van der Waals surface area (Å²) in [7, 11) is 2.13. The Morgan fingerprint density at radius 2 is 1.76 bits per heavy atom. The van der Waals surface area contributed by atoms with Gasteiger partial charge in [-0.2, -0.15) is 0 Å². The van der Waals surface area contributed by atoms with Gasteiger partial charge < -0.3 is 14.5 Å². The monoisotopic (exact) mass is 428 g/mol. The highest BCUT2D eigenvalue weighted by atomic mass is 35.5. The summed E-state index contributed by atoms with van der Waals surface area (Å²) in [6.07, 6.45) is -0.0340. The van der Waals surface area contributed by atoms with E-state index in [1.54, 1.807) is 18.2 Å². The van der Waals surface area contributed by atoms with Gasteiger partial charge in [-0.15, -0.1) is 24.8 Å². The summed E-state index contributed by atoms with van der Waals surface area (Å²) in [6.45, 7) is 7.09. The summed E-state index contributed by atoms with van der Waals surface area (Å²) in [4.78, 5) is 17.3. The first-order chi connectivity index (χ1) is 11.0. The molecule has 2 aliphatic rings. The zero-order chi connectivity index (χ0) is 16.6. The first-order valence-electron chi connectivity index (χ1n) is 8.05. The van der Waals surface area contributed by atoms with Gasteiger partial charge in [0.1, 0.15) is 6.10 Å². The molecule has 2 heterocycles. The SMILES string of the molecule is CCN1CC2CN(C)CC(C1)C2OC(=O)c1ccc(Cl)cc1Cl.Cl.Cl. The van der Waals surface area contributed by atoms with Crippen LogP contribution in [-0.4, -0.2) is 61.6 Å². The fourth-order valence-electron chi connectivity index (χ4n) is 3.82. The van der Waals surface area contributed by atoms with Gasteiger partial charge in [-0.3, -0.25) is 0 Å². The van der Waals surface area contributed by atoms with E-state index in [0.29, 0.717) is 27.4 Å². The molecule has 142 valence electrons. The molecule has 0 aromatic heterocycles. The zero-order valence-corrected chi connectivity index (χ0v) is 17.4. The van der Waals surface area contributed by atoms with E-state index in [0.717, 1.165) is 32.7 Å². The summed E-state index contributed by atoms with van der Waals surface area (Å²) in [6, 6.07) is 4.88. The van der Waals surface area contributed by atoms with Crippen molar-refractivity contribution in [3.05, 3.63) is 33.8 Å². The molecule has 2 aliphatic heterocycles. The van der Waals surface area contributed by atoms with Crippen LogP contribution in [0.15, 0.2) is 18.2 Å². The molecular formula is C17H24Cl4N2O2. The number of rotatable bonds is 3. The Kier molecular flexibility index (Phi) is 8.79. The van der Waals surface area contributed by atoms with Gasteiger partial charge in [0, 0.05) is 43.0 Å². The molecule has 0 radical (unpaired) electrons. The summed E-state index contributed by atoms with van der Waals surface area (Å²) >= 11 is 12.0. The number of fused-ring (bicyclic) bond motifs is 2. The van der Waals surface area contributed by atoms with Gasteiger partial charge in [0.05, 0.1) is 10.6 Å². The number of carbonyl (C=O) groups is 1. The molecule has 1 aromatic carbocycles. The summed E-state index contributed by atoms with van der Waals surface area (Å²) in [5, 5.41) is 0.858. The zero-order valence-electron chi connectivity index (χ0n) is 14.3. The van der Waals surface area contributed by atoms with E-state index in [9.17, 15) is 4.79 Å². The van der Waals surface area contributed by atoms with E-state index in [2.05, 4.69) is 23.8 Å². The van der Waals surface area contributed by atoms with Crippen LogP contribution in [0.2, 0.25) is 10.0 Å². The Morgan fingerprint density at radius 3 is 2.28 bits per heavy atom. The first-order valence-corrected chi connectivity index (χ1v) is 8.80. The van der Waals surface area contributed by atoms with E-state index in [1.165, 1.54) is 0 Å². The number of ether oxygens (including phenoxy) is 1. The Balaban J connectivity index is 0.00000156. The molecule has 2 unspecified atom stereocenters. The highest BCUT2D eigenvalue weighted by Crippen LogP contribution is 2.32. The van der Waals surface area contributed by atoms with Crippen LogP contribution < -0.4 is 0 Å². The number of carbonyl (C=O) groups excluding carboxylic acids is 1. The van der Waals surface area contributed by atoms with Crippen molar-refractivity contribution in [2.24, 2.45) is 11.8 Å². The van der Waals surface area contributed by atoms with Crippen molar-refractivity contribution in [1.82, 2.24) is 9.80 Å². The molecule has 8 heteroatoms. The molecule has 2 bridgehead atoms. The van der Waals surface area contributed by atoms with Crippen LogP contribution in [-0.2, 0) is 4.74 Å². The maximum absolute atomic E-state index is 12.5. The number of hydrogen-bond donors (Lipinski definition) is 0. The summed E-state index contributed by atoms with van der Waals surface area (Å²) < 4.78 is 5.89. The van der Waals surface area contributed by atoms with Gasteiger partial charge in [0.25, 0.3) is 0 Å². The normalized spacial score (nSPS) is 26.3. The maximum atomic E-state index is 12.5. The minimum absolute atomic E-state index is 0. The number of likely N-dealkylation sites (tertiary alicyclic amines) is 2. The first kappa shape index (κ1) is 22.8. The fraction of sp³-hybridized carbons (Fsp3) is 0.588. The van der Waals surface area contributed by atoms with Gasteiger partial charge in [0.2, 0.25) is 0 Å². The molecule has 3 rings (SSSR count). The van der Waals surface area contributed by atoms with Crippen LogP contribution in [0, 0.1) is 11.8 Å². The third-order valence-electron chi connectivity index (χ3n) is 4.85. The number of hydrogen-bond acceptors (Lipinski definition) is 4. The molecule has 25 heavy (non-hydrogen) atoms. The van der Waals surface area contributed by atoms with E-state index in [-0.39, 0.29) is 36.9 Å². The maximum Gasteiger partial charge on any atom is 0.339 e. The van der Waals surface area contributed by atoms with Gasteiger partial charge >= 0.3 is 5.97 Å². The molecule has 2 fully saturated rings. The Labute approximate surface area is 171 Å². The van der Waals surface area contributed by atoms with Crippen molar-refractivity contribution in [2.45, 2.75) is 13.0 Å². The predicted molar refractivity (Wildman–Crippen MR) is 107 cm³/mol. The summed E-state index contributed by atoms with van der Waals surface area (Å²) in [5.74, 6) is 0.353. The van der Waals surface area contributed by atoms with Gasteiger partial charge in [0.15, 0.2) is 0 Å². The lowest BCUT2D eigenvalue weighted by Gasteiger charge is -2.49. The number of halogens is 4. The third kappa shape index (κ3) is 5.15. The van der Waals surface area contributed by atoms with Gasteiger partial charge in [-0.05, 0) is 31.8 Å². The second kappa shape index (κ2) is 9.63. The largest absolute Gasteiger partial charge is 0.458 e. The lowest BCUT2D eigenvalue weighted by atomic mass is 9.81. The molecule has 0 saturated carbocycles. The van der Waals surface area contributed by atoms with Crippen molar-refractivity contribution in [3.63, 3.8) is 0 Å². The Hall–Kier alpha value is -0.230. The van der Waals surface area contributed by atoms with Gasteiger partial charge in [-0.25, -0.2) is 4.79 Å². The van der Waals surface area contributed by atoms with Crippen molar-refractivity contribution in [2.75, 3.05) is 39.8 Å². The number of piperidine rings is 2. The highest BCUT2D eigenvalue weighted by Gasteiger charge is 2.43. The van der Waals surface area contributed by atoms with E-state index < -0.39 is 0 Å². The molecular weight excluding hydrogens is 406 g/mol. The minimum atomic E-state index is -0.346. The number of benzene rings is 1. The summed E-state index contributed by atoms with van der Waals surface area (Å²) in [5.41, 5.74) is 0.389. The molecule has 0 aliphatic carbocycles. The molecule has 0 spiro atoms. The second-order valence-electron chi connectivity index (χ2n) is 6.59. The second-order valence-corrected chi connectivity index (χ2v) is 7.43. The van der Waals surface area contributed by atoms with Crippen LogP contribution in [0.4, 0.5) is 0 Å². The van der Waals surface area contributed by atoms with Crippen molar-refractivity contribution in [1.29, 1.82) is 0 Å². The molecule has 2 atom stereocenters. The van der Waals surface area contributed by atoms with E-state index >= 15 is 0 Å². The standard InChI is InChI=1S/C17H22Cl2N2O2.2ClH/c1-3-21-9-11-7-20(2)8-12(10-21)16(11)23-17(22)14-5-4-13(18)6-15(14)19;;/h4-6,11-12,16H,3,7-10H2,1-2H3;2*1H. The van der Waals surface area contributed by atoms with Crippen LogP contribution in [0.3, 0.4) is 0 Å². The molecule has 0 N–H and O–H groups in total. The van der Waals surface area contributed by atoms with Crippen LogP contribution >= 0.6 is 48.0 Å². The number of nitrogens with zero attached hydrogens (tertiary/aromatic N) is 2. The van der Waals surface area contributed by atoms with Crippen molar-refractivity contribution in [3.8, 4) is 0 Å². The molecule has 1 aromatic rings. The smallest absolute Gasteiger partial charge is 0.339 e. The lowest BCUT2D eigenvalue weighted by molar-refractivity contribution is -0.0831. The quantitative estimate of drug-likeness (QED) is 0.682. The van der Waals surface area contributed by atoms with Crippen molar-refractivity contribution >= 4 is 54.0 Å². The van der Waals surface area contributed by atoms with E-state index in [4.69, 9.17) is 27.9 Å². The highest BCUT2D eigenvalue weighted by molar-refractivity contribution is 6.36. The molecule has 4 nitrogen and oxygen atoms in total. The lowest BCUT2D eigenvalue weighted by Crippen LogP contribution is -2.60. The predicted octanol–water partition coefficient (Wildman–Crippen LogP) is 3.88. The van der Waals surface area contributed by atoms with Crippen molar-refractivity contribution < 1.29 is 9.53 Å². The van der Waals surface area contributed by atoms with Crippen LogP contribution in [0.5, 0.6) is 0 Å². The Morgan fingerprint density at radius 1 is 1.16 bits per heavy atom. The topological polar surface area (TPSA) is 32.8 Å². The fourth-order valence-corrected chi connectivity index (χ4v) is 4.31. The van der Waals surface area contributed by atoms with Crippen LogP contribution in [0.1, 0.15) is 17.3 Å². The van der Waals surface area contributed by atoms with E-state index in [1.807, 2.05) is 0 Å². The van der Waals surface area contributed by atoms with Crippen LogP contribution in [0.25, 0.3) is 0 Å². The average Bonchev–Trinajstić information content (AvgIpc) is 2.47. The average molecular weight is 430 g/mol. The number of esters is 1. The Bertz CT molecular complexity index is 586.